The van der Waals surface area contributed by atoms with Crippen LogP contribution in [0.15, 0.2) is 55.0 Å². The lowest BCUT2D eigenvalue weighted by Gasteiger charge is -2.11. The molecule has 0 bridgehead atoms. The number of nitrogens with zero attached hydrogens (tertiary/aromatic N) is 7. The molecule has 0 aliphatic heterocycles. The molecule has 0 unspecified atom stereocenters. The minimum atomic E-state index is -4.50. The van der Waals surface area contributed by atoms with Gasteiger partial charge in [-0.1, -0.05) is 38.1 Å². The Hall–Kier alpha value is -4.28. The standard InChI is InChI=1S/C26H24F3N7O/c1-15(2)21-18(6-5-11-30-21)22-31-12-19-24(34-22)36(25(32-19)37-4)13-16-7-9-17(10-8-16)23-33-20(14-35(23)3)26(27,28)29/h5-12,14-15H,13H2,1-4H3. The third-order valence-corrected chi connectivity index (χ3v) is 5.98. The third-order valence-electron chi connectivity index (χ3n) is 5.98. The van der Waals surface area contributed by atoms with Crippen LogP contribution >= 0.6 is 0 Å². The van der Waals surface area contributed by atoms with Crippen LogP contribution in [0.2, 0.25) is 0 Å². The average Bonchev–Trinajstić information content (AvgIpc) is 3.44. The SMILES string of the molecule is COc1nc2cnc(-c3cccnc3C(C)C)nc2n1Cc1ccc(-c2nc(C(F)(F)F)cn2C)cc1. The topological polar surface area (TPSA) is 83.5 Å². The van der Waals surface area contributed by atoms with Crippen LogP contribution in [-0.2, 0) is 19.8 Å². The Morgan fingerprint density at radius 1 is 1.00 bits per heavy atom. The molecule has 190 valence electrons. The summed E-state index contributed by atoms with van der Waals surface area (Å²) in [5.74, 6) is 0.970. The summed E-state index contributed by atoms with van der Waals surface area (Å²) in [6.45, 7) is 4.52. The molecule has 0 spiro atoms. The number of ether oxygens (including phenoxy) is 1. The number of imidazole rings is 2. The molecule has 1 aromatic carbocycles. The number of hydrogen-bond donors (Lipinski definition) is 0. The normalized spacial score (nSPS) is 12.0. The van der Waals surface area contributed by atoms with Crippen molar-refractivity contribution in [2.24, 2.45) is 7.05 Å². The van der Waals surface area contributed by atoms with Gasteiger partial charge in [0.1, 0.15) is 11.3 Å². The molecule has 5 rings (SSSR count). The Morgan fingerprint density at radius 3 is 2.41 bits per heavy atom. The lowest BCUT2D eigenvalue weighted by molar-refractivity contribution is -0.140. The first-order valence-corrected chi connectivity index (χ1v) is 11.6. The predicted octanol–water partition coefficient (Wildman–Crippen LogP) is 5.49. The quantitative estimate of drug-likeness (QED) is 0.302. The Morgan fingerprint density at radius 2 is 1.76 bits per heavy atom. The first-order valence-electron chi connectivity index (χ1n) is 11.6. The van der Waals surface area contributed by atoms with Gasteiger partial charge in [0.25, 0.3) is 6.01 Å². The van der Waals surface area contributed by atoms with Crippen molar-refractivity contribution in [2.75, 3.05) is 7.11 Å². The molecule has 0 saturated heterocycles. The number of aryl methyl sites for hydroxylation is 1. The van der Waals surface area contributed by atoms with Crippen molar-refractivity contribution in [1.29, 1.82) is 0 Å². The minimum Gasteiger partial charge on any atom is -0.468 e. The van der Waals surface area contributed by atoms with Crippen molar-refractivity contribution < 1.29 is 17.9 Å². The molecule has 37 heavy (non-hydrogen) atoms. The molecule has 0 saturated carbocycles. The smallest absolute Gasteiger partial charge is 0.434 e. The van der Waals surface area contributed by atoms with Gasteiger partial charge in [-0.3, -0.25) is 9.55 Å². The molecule has 0 aliphatic rings. The molecule has 8 nitrogen and oxygen atoms in total. The molecule has 0 fully saturated rings. The molecule has 4 aromatic heterocycles. The molecule has 0 amide bonds. The second kappa shape index (κ2) is 9.30. The van der Waals surface area contributed by atoms with Crippen LogP contribution in [0.25, 0.3) is 33.9 Å². The number of fused-ring (bicyclic) bond motifs is 1. The molecule has 0 atom stereocenters. The van der Waals surface area contributed by atoms with Crippen molar-refractivity contribution in [2.45, 2.75) is 32.5 Å². The summed E-state index contributed by atoms with van der Waals surface area (Å²) in [4.78, 5) is 22.1. The number of aromatic nitrogens is 7. The zero-order valence-electron chi connectivity index (χ0n) is 20.7. The molecule has 0 radical (unpaired) electrons. The number of alkyl halides is 3. The van der Waals surface area contributed by atoms with Gasteiger partial charge in [-0.2, -0.15) is 18.2 Å². The number of benzene rings is 1. The van der Waals surface area contributed by atoms with Gasteiger partial charge in [-0.05, 0) is 23.6 Å². The van der Waals surface area contributed by atoms with E-state index >= 15 is 0 Å². The van der Waals surface area contributed by atoms with Crippen LogP contribution in [-0.4, -0.2) is 41.2 Å². The summed E-state index contributed by atoms with van der Waals surface area (Å²) in [5, 5.41) is 0. The van der Waals surface area contributed by atoms with Gasteiger partial charge in [-0.15, -0.1) is 0 Å². The van der Waals surface area contributed by atoms with E-state index in [2.05, 4.69) is 33.8 Å². The highest BCUT2D eigenvalue weighted by molar-refractivity contribution is 5.75. The van der Waals surface area contributed by atoms with E-state index in [1.54, 1.807) is 24.5 Å². The van der Waals surface area contributed by atoms with E-state index in [9.17, 15) is 13.2 Å². The molecule has 4 heterocycles. The highest BCUT2D eigenvalue weighted by Crippen LogP contribution is 2.31. The lowest BCUT2D eigenvalue weighted by Crippen LogP contribution is -2.05. The summed E-state index contributed by atoms with van der Waals surface area (Å²) < 4.78 is 47.9. The second-order valence-electron chi connectivity index (χ2n) is 8.93. The molecule has 0 aliphatic carbocycles. The van der Waals surface area contributed by atoms with Gasteiger partial charge in [0, 0.05) is 30.6 Å². The zero-order chi connectivity index (χ0) is 26.3. The second-order valence-corrected chi connectivity index (χ2v) is 8.93. The maximum Gasteiger partial charge on any atom is 0.434 e. The van der Waals surface area contributed by atoms with Crippen molar-refractivity contribution >= 4 is 11.2 Å². The summed E-state index contributed by atoms with van der Waals surface area (Å²) in [6.07, 6.45) is -0.100. The molecule has 0 N–H and O–H groups in total. The van der Waals surface area contributed by atoms with E-state index in [0.29, 0.717) is 35.1 Å². The van der Waals surface area contributed by atoms with Crippen molar-refractivity contribution in [1.82, 2.24) is 34.1 Å². The first-order chi connectivity index (χ1) is 17.7. The number of methoxy groups -OCH3 is 1. The number of hydrogen-bond acceptors (Lipinski definition) is 6. The number of pyridine rings is 1. The maximum atomic E-state index is 13.1. The lowest BCUT2D eigenvalue weighted by atomic mass is 10.0. The van der Waals surface area contributed by atoms with Gasteiger partial charge >= 0.3 is 6.18 Å². The minimum absolute atomic E-state index is 0.194. The molecule has 5 aromatic rings. The summed E-state index contributed by atoms with van der Waals surface area (Å²) in [6, 6.07) is 11.3. The van der Waals surface area contributed by atoms with E-state index in [1.165, 1.54) is 18.7 Å². The van der Waals surface area contributed by atoms with E-state index in [0.717, 1.165) is 23.0 Å². The average molecular weight is 508 g/mol. The number of rotatable bonds is 6. The summed E-state index contributed by atoms with van der Waals surface area (Å²) in [5.41, 5.74) is 3.47. The highest BCUT2D eigenvalue weighted by Gasteiger charge is 2.34. The fraction of sp³-hybridized carbons (Fsp3) is 0.269. The zero-order valence-corrected chi connectivity index (χ0v) is 20.7. The Balaban J connectivity index is 1.50. The Kier molecular flexibility index (Phi) is 6.14. The van der Waals surface area contributed by atoms with E-state index in [1.807, 2.05) is 28.8 Å². The maximum absolute atomic E-state index is 13.1. The van der Waals surface area contributed by atoms with Crippen LogP contribution in [0.5, 0.6) is 6.01 Å². The Bertz CT molecular complexity index is 1570. The van der Waals surface area contributed by atoms with Crippen LogP contribution in [0.1, 0.15) is 36.7 Å². The van der Waals surface area contributed by atoms with Crippen LogP contribution in [0, 0.1) is 0 Å². The van der Waals surface area contributed by atoms with Crippen molar-refractivity contribution in [3.05, 3.63) is 71.9 Å². The van der Waals surface area contributed by atoms with Crippen LogP contribution in [0.3, 0.4) is 0 Å². The number of halogens is 3. The molecule has 11 heteroatoms. The van der Waals surface area contributed by atoms with Gasteiger partial charge < -0.3 is 9.30 Å². The molecular formula is C26H24F3N7O. The van der Waals surface area contributed by atoms with Gasteiger partial charge in [0.05, 0.1) is 25.5 Å². The fourth-order valence-electron chi connectivity index (χ4n) is 4.21. The van der Waals surface area contributed by atoms with Crippen LogP contribution in [0.4, 0.5) is 13.2 Å². The molecular weight excluding hydrogens is 483 g/mol. The Labute approximate surface area is 210 Å². The van der Waals surface area contributed by atoms with E-state index < -0.39 is 11.9 Å². The first kappa shape index (κ1) is 24.4. The van der Waals surface area contributed by atoms with E-state index in [-0.39, 0.29) is 11.7 Å². The van der Waals surface area contributed by atoms with Gasteiger partial charge in [0.2, 0.25) is 0 Å². The fourth-order valence-corrected chi connectivity index (χ4v) is 4.21. The van der Waals surface area contributed by atoms with Crippen molar-refractivity contribution in [3.8, 4) is 28.8 Å². The van der Waals surface area contributed by atoms with Crippen molar-refractivity contribution in [3.63, 3.8) is 0 Å². The summed E-state index contributed by atoms with van der Waals surface area (Å²) in [7, 11) is 3.07. The third kappa shape index (κ3) is 4.64. The van der Waals surface area contributed by atoms with Gasteiger partial charge in [-0.25, -0.2) is 15.0 Å². The van der Waals surface area contributed by atoms with E-state index in [4.69, 9.17) is 9.72 Å². The largest absolute Gasteiger partial charge is 0.468 e. The highest BCUT2D eigenvalue weighted by atomic mass is 19.4. The summed E-state index contributed by atoms with van der Waals surface area (Å²) >= 11 is 0. The van der Waals surface area contributed by atoms with Gasteiger partial charge in [0.15, 0.2) is 17.2 Å². The predicted molar refractivity (Wildman–Crippen MR) is 132 cm³/mol. The monoisotopic (exact) mass is 507 g/mol. The van der Waals surface area contributed by atoms with Crippen LogP contribution < -0.4 is 4.74 Å².